The van der Waals surface area contributed by atoms with E-state index in [0.717, 1.165) is 12.1 Å². The SMILES string of the molecule is CC(C)(C)CC(=O)N(Cc1cccc(C(F)(F)F)c1)CC1CC(c2ccc(Cl)o2)=NO1. The Kier molecular flexibility index (Phi) is 6.69. The second-order valence-corrected chi connectivity index (χ2v) is 9.16. The maximum absolute atomic E-state index is 13.1. The van der Waals surface area contributed by atoms with Crippen LogP contribution in [0.2, 0.25) is 5.22 Å². The van der Waals surface area contributed by atoms with E-state index in [2.05, 4.69) is 5.16 Å². The highest BCUT2D eigenvalue weighted by Crippen LogP contribution is 2.30. The summed E-state index contributed by atoms with van der Waals surface area (Å²) in [7, 11) is 0. The Bertz CT molecular complexity index is 963. The van der Waals surface area contributed by atoms with E-state index >= 15 is 0 Å². The van der Waals surface area contributed by atoms with E-state index < -0.39 is 17.8 Å². The molecular weight excluding hydrogens is 433 g/mol. The highest BCUT2D eigenvalue weighted by Gasteiger charge is 2.32. The number of rotatable bonds is 6. The Morgan fingerprint density at radius 1 is 1.23 bits per heavy atom. The lowest BCUT2D eigenvalue weighted by atomic mass is 9.91. The van der Waals surface area contributed by atoms with Crippen molar-refractivity contribution in [3.63, 3.8) is 0 Å². The van der Waals surface area contributed by atoms with Crippen LogP contribution in [0, 0.1) is 5.41 Å². The minimum Gasteiger partial charge on any atom is -0.443 e. The van der Waals surface area contributed by atoms with Crippen LogP contribution in [0.4, 0.5) is 13.2 Å². The Morgan fingerprint density at radius 2 is 1.97 bits per heavy atom. The number of halogens is 4. The van der Waals surface area contributed by atoms with Gasteiger partial charge in [-0.05, 0) is 46.8 Å². The molecule has 9 heteroatoms. The van der Waals surface area contributed by atoms with Gasteiger partial charge in [-0.15, -0.1) is 0 Å². The molecule has 2 heterocycles. The van der Waals surface area contributed by atoms with Gasteiger partial charge in [-0.2, -0.15) is 13.2 Å². The van der Waals surface area contributed by atoms with Crippen LogP contribution in [-0.4, -0.2) is 29.2 Å². The second-order valence-electron chi connectivity index (χ2n) is 8.78. The summed E-state index contributed by atoms with van der Waals surface area (Å²) in [6.07, 6.45) is -4.24. The molecule has 2 aromatic rings. The Morgan fingerprint density at radius 3 is 2.58 bits per heavy atom. The van der Waals surface area contributed by atoms with Gasteiger partial charge in [-0.25, -0.2) is 0 Å². The summed E-state index contributed by atoms with van der Waals surface area (Å²) >= 11 is 5.80. The second kappa shape index (κ2) is 8.94. The molecular formula is C22H24ClF3N2O3. The quantitative estimate of drug-likeness (QED) is 0.543. The summed E-state index contributed by atoms with van der Waals surface area (Å²) in [5, 5.41) is 4.25. The molecule has 1 unspecified atom stereocenters. The van der Waals surface area contributed by atoms with Gasteiger partial charge >= 0.3 is 6.18 Å². The summed E-state index contributed by atoms with van der Waals surface area (Å²) in [5.41, 5.74) is -0.0504. The van der Waals surface area contributed by atoms with Crippen molar-refractivity contribution >= 4 is 23.2 Å². The minimum absolute atomic E-state index is 0.0423. The summed E-state index contributed by atoms with van der Waals surface area (Å²) in [6.45, 7) is 6.02. The van der Waals surface area contributed by atoms with E-state index in [1.807, 2.05) is 20.8 Å². The van der Waals surface area contributed by atoms with E-state index in [1.54, 1.807) is 18.2 Å². The van der Waals surface area contributed by atoms with E-state index in [9.17, 15) is 18.0 Å². The molecule has 31 heavy (non-hydrogen) atoms. The molecule has 0 saturated carbocycles. The van der Waals surface area contributed by atoms with Crippen LogP contribution in [-0.2, 0) is 22.4 Å². The number of benzene rings is 1. The number of oxime groups is 1. The smallest absolute Gasteiger partial charge is 0.416 e. The fourth-order valence-electron chi connectivity index (χ4n) is 3.27. The predicted molar refractivity (Wildman–Crippen MR) is 111 cm³/mol. The largest absolute Gasteiger partial charge is 0.443 e. The van der Waals surface area contributed by atoms with Crippen LogP contribution < -0.4 is 0 Å². The first-order chi connectivity index (χ1) is 14.4. The lowest BCUT2D eigenvalue weighted by Crippen LogP contribution is -2.38. The first kappa shape index (κ1) is 23.2. The van der Waals surface area contributed by atoms with Gasteiger partial charge in [0.1, 0.15) is 5.71 Å². The molecule has 5 nitrogen and oxygen atoms in total. The number of alkyl halides is 3. The van der Waals surface area contributed by atoms with Crippen molar-refractivity contribution < 1.29 is 27.2 Å². The molecule has 3 rings (SSSR count). The monoisotopic (exact) mass is 456 g/mol. The molecule has 1 aliphatic rings. The zero-order valence-corrected chi connectivity index (χ0v) is 18.3. The van der Waals surface area contributed by atoms with E-state index in [4.69, 9.17) is 20.9 Å². The van der Waals surface area contributed by atoms with Gasteiger partial charge in [0, 0.05) is 19.4 Å². The van der Waals surface area contributed by atoms with Crippen molar-refractivity contribution in [2.24, 2.45) is 10.6 Å². The summed E-state index contributed by atoms with van der Waals surface area (Å²) < 4.78 is 44.6. The van der Waals surface area contributed by atoms with Crippen molar-refractivity contribution in [3.8, 4) is 0 Å². The van der Waals surface area contributed by atoms with Crippen LogP contribution in [0.25, 0.3) is 0 Å². The van der Waals surface area contributed by atoms with Gasteiger partial charge in [0.15, 0.2) is 17.1 Å². The Balaban J connectivity index is 1.74. The number of nitrogens with zero attached hydrogens (tertiary/aromatic N) is 2. The molecule has 1 amide bonds. The number of carbonyl (C=O) groups excluding carboxylic acids is 1. The molecule has 1 atom stereocenters. The molecule has 0 saturated heterocycles. The van der Waals surface area contributed by atoms with Gasteiger partial charge in [0.25, 0.3) is 0 Å². The van der Waals surface area contributed by atoms with Gasteiger partial charge in [-0.1, -0.05) is 38.1 Å². The fraction of sp³-hybridized carbons (Fsp3) is 0.455. The lowest BCUT2D eigenvalue weighted by Gasteiger charge is -2.28. The molecule has 0 aliphatic carbocycles. The van der Waals surface area contributed by atoms with Gasteiger partial charge in [0.05, 0.1) is 12.1 Å². The topological polar surface area (TPSA) is 55.0 Å². The zero-order valence-electron chi connectivity index (χ0n) is 17.5. The zero-order chi connectivity index (χ0) is 22.8. The Labute approximate surface area is 183 Å². The normalized spacial score (nSPS) is 16.7. The average Bonchev–Trinajstić information content (AvgIpc) is 3.28. The third-order valence-corrected chi connectivity index (χ3v) is 4.88. The molecule has 0 N–H and O–H groups in total. The molecule has 0 bridgehead atoms. The standard InChI is InChI=1S/C22H24ClF3N2O3/c1-21(2,3)11-20(29)28(12-14-5-4-6-15(9-14)22(24,25)26)13-16-10-17(27-31-16)18-7-8-19(23)30-18/h4-9,16H,10-13H2,1-3H3. The van der Waals surface area contributed by atoms with Crippen molar-refractivity contribution in [1.29, 1.82) is 0 Å². The van der Waals surface area contributed by atoms with Gasteiger partial charge in [0.2, 0.25) is 5.91 Å². The van der Waals surface area contributed by atoms with E-state index in [1.165, 1.54) is 11.0 Å². The molecule has 1 aromatic carbocycles. The first-order valence-corrected chi connectivity index (χ1v) is 10.2. The van der Waals surface area contributed by atoms with Crippen molar-refractivity contribution in [2.45, 2.75) is 52.4 Å². The Hall–Kier alpha value is -2.48. The van der Waals surface area contributed by atoms with E-state index in [0.29, 0.717) is 23.5 Å². The van der Waals surface area contributed by atoms with Crippen molar-refractivity contribution in [1.82, 2.24) is 4.90 Å². The molecule has 168 valence electrons. The number of amides is 1. The maximum atomic E-state index is 13.1. The van der Waals surface area contributed by atoms with Crippen LogP contribution >= 0.6 is 11.6 Å². The number of furan rings is 1. The average molecular weight is 457 g/mol. The van der Waals surface area contributed by atoms with Crippen LogP contribution in [0.1, 0.15) is 50.5 Å². The van der Waals surface area contributed by atoms with Crippen LogP contribution in [0.3, 0.4) is 0 Å². The highest BCUT2D eigenvalue weighted by atomic mass is 35.5. The van der Waals surface area contributed by atoms with Gasteiger partial charge in [-0.3, -0.25) is 4.79 Å². The van der Waals surface area contributed by atoms with E-state index in [-0.39, 0.29) is 36.1 Å². The number of hydrogen-bond donors (Lipinski definition) is 0. The van der Waals surface area contributed by atoms with Crippen LogP contribution in [0.15, 0.2) is 46.0 Å². The van der Waals surface area contributed by atoms with Gasteiger partial charge < -0.3 is 14.2 Å². The van der Waals surface area contributed by atoms with Crippen molar-refractivity contribution in [3.05, 3.63) is 58.5 Å². The highest BCUT2D eigenvalue weighted by molar-refractivity contribution is 6.29. The predicted octanol–water partition coefficient (Wildman–Crippen LogP) is 5.91. The molecule has 1 aliphatic heterocycles. The lowest BCUT2D eigenvalue weighted by molar-refractivity contribution is -0.137. The fourth-order valence-corrected chi connectivity index (χ4v) is 3.42. The summed E-state index contributed by atoms with van der Waals surface area (Å²) in [6, 6.07) is 8.28. The number of hydrogen-bond acceptors (Lipinski definition) is 4. The van der Waals surface area contributed by atoms with Crippen molar-refractivity contribution in [2.75, 3.05) is 6.54 Å². The third kappa shape index (κ3) is 6.50. The first-order valence-electron chi connectivity index (χ1n) is 9.83. The molecule has 0 spiro atoms. The minimum atomic E-state index is -4.45. The molecule has 1 aromatic heterocycles. The summed E-state index contributed by atoms with van der Waals surface area (Å²) in [5.74, 6) is 0.320. The third-order valence-electron chi connectivity index (χ3n) is 4.68. The number of carbonyl (C=O) groups is 1. The summed E-state index contributed by atoms with van der Waals surface area (Å²) in [4.78, 5) is 20.0. The molecule has 0 fully saturated rings. The van der Waals surface area contributed by atoms with Crippen LogP contribution in [0.5, 0.6) is 0 Å². The molecule has 0 radical (unpaired) electrons. The maximum Gasteiger partial charge on any atom is 0.416 e.